The smallest absolute Gasteiger partial charge is 0.358 e. The first-order valence-electron chi connectivity index (χ1n) is 1.22. The molecule has 0 heterocycles. The molecule has 0 atom stereocenters. The van der Waals surface area contributed by atoms with Crippen LogP contribution in [0.4, 0.5) is 0 Å². The Labute approximate surface area is 51.0 Å². The van der Waals surface area contributed by atoms with Gasteiger partial charge in [-0.3, -0.25) is 0 Å². The molecule has 0 unspecified atom stereocenters. The molecular formula is C4H3O3W-. The first kappa shape index (κ1) is 10.4. The SMILES string of the molecule is O=[C]=[W](=[C]=O)=[C]=O.[CH3-]. The fourth-order valence-electron chi connectivity index (χ4n) is 0.0510. The average Bonchev–Trinajstić information content (AvgIpc) is 1.72. The fraction of sp³-hybridized carbons (Fsp3) is 0. The van der Waals surface area contributed by atoms with Gasteiger partial charge < -0.3 is 7.43 Å². The number of hydrogen-bond acceptors (Lipinski definition) is 3. The summed E-state index contributed by atoms with van der Waals surface area (Å²) in [5.41, 5.74) is 0. The molecule has 8 heavy (non-hydrogen) atoms. The van der Waals surface area contributed by atoms with E-state index in [0.29, 0.717) is 0 Å². The van der Waals surface area contributed by atoms with Crippen molar-refractivity contribution in [3.63, 3.8) is 0 Å². The van der Waals surface area contributed by atoms with Crippen molar-refractivity contribution in [2.24, 2.45) is 0 Å². The minimum Gasteiger partial charge on any atom is -0.358 e. The van der Waals surface area contributed by atoms with Crippen LogP contribution in [0.2, 0.25) is 0 Å². The predicted octanol–water partition coefficient (Wildman–Crippen LogP) is -0.744. The molecule has 4 heteroatoms. The van der Waals surface area contributed by atoms with Crippen molar-refractivity contribution in [2.75, 3.05) is 0 Å². The van der Waals surface area contributed by atoms with Crippen LogP contribution >= 0.6 is 0 Å². The van der Waals surface area contributed by atoms with E-state index in [4.69, 9.17) is 0 Å². The van der Waals surface area contributed by atoms with Crippen molar-refractivity contribution in [1.29, 1.82) is 0 Å². The average molecular weight is 283 g/mol. The Kier molecular flexibility index (Phi) is 8.37. The Bertz CT molecular complexity index is 210. The van der Waals surface area contributed by atoms with Crippen LogP contribution in [0.15, 0.2) is 0 Å². The van der Waals surface area contributed by atoms with Gasteiger partial charge in [-0.2, -0.15) is 0 Å². The maximum absolute atomic E-state index is 9.40. The van der Waals surface area contributed by atoms with E-state index >= 15 is 0 Å². The molecule has 0 N–H and O–H groups in total. The molecule has 0 rings (SSSR count). The van der Waals surface area contributed by atoms with Crippen LogP contribution in [-0.2, 0) is 30.3 Å². The Hall–Kier alpha value is -0.572. The van der Waals surface area contributed by atoms with Crippen LogP contribution in [-0.4, -0.2) is 12.8 Å². The van der Waals surface area contributed by atoms with E-state index in [-0.39, 0.29) is 7.43 Å². The largest absolute Gasteiger partial charge is 0.358 e. The van der Waals surface area contributed by atoms with Gasteiger partial charge in [0, 0.05) is 0 Å². The molecule has 0 aromatic heterocycles. The van der Waals surface area contributed by atoms with Gasteiger partial charge in [0.15, 0.2) is 0 Å². The van der Waals surface area contributed by atoms with Crippen LogP contribution in [0.5, 0.6) is 0 Å². The number of carbonyl (C=O) groups excluding carboxylic acids is 3. The minimum atomic E-state index is -3.05. The van der Waals surface area contributed by atoms with E-state index in [2.05, 4.69) is 0 Å². The van der Waals surface area contributed by atoms with E-state index in [1.54, 1.807) is 0 Å². The third-order valence-corrected chi connectivity index (χ3v) is 2.05. The zero-order valence-corrected chi connectivity index (χ0v) is 7.07. The van der Waals surface area contributed by atoms with Gasteiger partial charge in [0.1, 0.15) is 0 Å². The van der Waals surface area contributed by atoms with E-state index in [9.17, 15) is 14.4 Å². The van der Waals surface area contributed by atoms with Gasteiger partial charge in [0.05, 0.1) is 0 Å². The summed E-state index contributed by atoms with van der Waals surface area (Å²) in [5, 5.41) is 0. The zero-order chi connectivity index (χ0) is 5.70. The van der Waals surface area contributed by atoms with E-state index < -0.39 is 15.9 Å². The van der Waals surface area contributed by atoms with Crippen LogP contribution in [0, 0.1) is 7.43 Å². The number of rotatable bonds is 0. The van der Waals surface area contributed by atoms with Gasteiger partial charge in [-0.1, -0.05) is 0 Å². The first-order chi connectivity index (χ1) is 3.35. The minimum absolute atomic E-state index is 0. The van der Waals surface area contributed by atoms with Crippen molar-refractivity contribution in [2.45, 2.75) is 0 Å². The molecule has 0 aliphatic heterocycles. The summed E-state index contributed by atoms with van der Waals surface area (Å²) in [6.45, 7) is 0. The summed E-state index contributed by atoms with van der Waals surface area (Å²) < 4.78 is 3.90. The van der Waals surface area contributed by atoms with E-state index in [0.717, 1.165) is 0 Å². The van der Waals surface area contributed by atoms with Crippen LogP contribution in [0.25, 0.3) is 0 Å². The molecule has 3 nitrogen and oxygen atoms in total. The third kappa shape index (κ3) is 3.61. The van der Waals surface area contributed by atoms with Crippen LogP contribution < -0.4 is 0 Å². The topological polar surface area (TPSA) is 51.2 Å². The van der Waals surface area contributed by atoms with Crippen molar-refractivity contribution >= 4 is 12.8 Å². The van der Waals surface area contributed by atoms with Crippen molar-refractivity contribution < 1.29 is 30.3 Å². The molecule has 0 spiro atoms. The molecule has 0 fully saturated rings. The second kappa shape index (κ2) is 6.43. The normalized spacial score (nSPS) is 4.50. The summed E-state index contributed by atoms with van der Waals surface area (Å²) in [4.78, 5) is 28.2. The maximum atomic E-state index is 9.40. The molecule has 0 saturated carbocycles. The van der Waals surface area contributed by atoms with Crippen molar-refractivity contribution in [1.82, 2.24) is 0 Å². The summed E-state index contributed by atoms with van der Waals surface area (Å²) in [6, 6.07) is 0. The maximum Gasteiger partial charge on any atom is -0.358 e. The fourth-order valence-corrected chi connectivity index (χ4v) is 0.418. The summed E-state index contributed by atoms with van der Waals surface area (Å²) in [7, 11) is 0. The summed E-state index contributed by atoms with van der Waals surface area (Å²) in [5.74, 6) is 0. The van der Waals surface area contributed by atoms with Crippen LogP contribution in [0.1, 0.15) is 0 Å². The standard InChI is InChI=1S/3CO.CH3.W/c3*1-2;;/h;;;1H3;/q;;;-1;. The van der Waals surface area contributed by atoms with Gasteiger partial charge in [-0.05, 0) is 0 Å². The van der Waals surface area contributed by atoms with Gasteiger partial charge in [-0.15, -0.1) is 0 Å². The third-order valence-electron chi connectivity index (χ3n) is 0.250. The second-order valence-electron chi connectivity index (χ2n) is 0.556. The van der Waals surface area contributed by atoms with Gasteiger partial charge in [0.2, 0.25) is 0 Å². The van der Waals surface area contributed by atoms with Gasteiger partial charge in [-0.25, -0.2) is 0 Å². The van der Waals surface area contributed by atoms with Crippen LogP contribution in [0.3, 0.4) is 0 Å². The van der Waals surface area contributed by atoms with Crippen molar-refractivity contribution in [3.05, 3.63) is 7.43 Å². The second-order valence-corrected chi connectivity index (χ2v) is 4.55. The Morgan fingerprint density at radius 1 is 0.875 bits per heavy atom. The molecule has 0 amide bonds. The molecule has 44 valence electrons. The predicted molar refractivity (Wildman–Crippen MR) is 23.5 cm³/mol. The van der Waals surface area contributed by atoms with E-state index in [1.165, 1.54) is 12.8 Å². The number of hydrogen-bond donors (Lipinski definition) is 0. The molecule has 0 aromatic rings. The van der Waals surface area contributed by atoms with Gasteiger partial charge >= 0.3 is 43.1 Å². The Balaban J connectivity index is 0. The molecule has 0 radical (unpaired) electrons. The molecule has 0 bridgehead atoms. The first-order valence-corrected chi connectivity index (χ1v) is 5.62. The zero-order valence-electron chi connectivity index (χ0n) is 4.13. The molecular weight excluding hydrogens is 280 g/mol. The summed E-state index contributed by atoms with van der Waals surface area (Å²) in [6.07, 6.45) is 0. The van der Waals surface area contributed by atoms with Gasteiger partial charge in [0.25, 0.3) is 0 Å². The molecule has 0 saturated heterocycles. The molecule has 0 aromatic carbocycles. The Morgan fingerprint density at radius 3 is 1.12 bits per heavy atom. The van der Waals surface area contributed by atoms with E-state index in [1.807, 2.05) is 0 Å². The molecule has 0 aliphatic carbocycles. The molecule has 0 aliphatic rings. The Morgan fingerprint density at radius 2 is 1.12 bits per heavy atom. The quantitative estimate of drug-likeness (QED) is 0.550. The van der Waals surface area contributed by atoms with Crippen molar-refractivity contribution in [3.8, 4) is 0 Å². The monoisotopic (exact) mass is 283 g/mol. The summed E-state index contributed by atoms with van der Waals surface area (Å²) >= 11 is -3.05.